The van der Waals surface area contributed by atoms with Gasteiger partial charge in [0.2, 0.25) is 15.9 Å². The zero-order chi connectivity index (χ0) is 24.0. The van der Waals surface area contributed by atoms with E-state index in [0.29, 0.717) is 5.56 Å². The molecule has 0 aliphatic rings. The maximum absolute atomic E-state index is 13.6. The van der Waals surface area contributed by atoms with Gasteiger partial charge in [-0.05, 0) is 61.2 Å². The molecule has 0 heterocycles. The third-order valence-electron chi connectivity index (χ3n) is 5.48. The summed E-state index contributed by atoms with van der Waals surface area (Å²) >= 11 is 0. The maximum atomic E-state index is 13.6. The quantitative estimate of drug-likeness (QED) is 0.508. The first-order chi connectivity index (χ1) is 15.7. The molecule has 0 aliphatic carbocycles. The summed E-state index contributed by atoms with van der Waals surface area (Å²) in [6.07, 6.45) is 0. The molecule has 6 nitrogen and oxygen atoms in total. The summed E-state index contributed by atoms with van der Waals surface area (Å²) in [6.45, 7) is 5.29. The molecule has 0 bridgehead atoms. The Morgan fingerprint density at radius 1 is 1.00 bits per heavy atom. The van der Waals surface area contributed by atoms with Gasteiger partial charge in [-0.25, -0.2) is 8.42 Å². The number of nitrogens with one attached hydrogen (secondary N) is 1. The van der Waals surface area contributed by atoms with E-state index in [0.717, 1.165) is 22.4 Å². The van der Waals surface area contributed by atoms with Gasteiger partial charge in [0.05, 0.1) is 24.6 Å². The lowest BCUT2D eigenvalue weighted by molar-refractivity contribution is -0.122. The van der Waals surface area contributed by atoms with Crippen LogP contribution >= 0.6 is 0 Å². The van der Waals surface area contributed by atoms with Crippen molar-refractivity contribution in [3.8, 4) is 5.75 Å². The average Bonchev–Trinajstić information content (AvgIpc) is 2.80. The summed E-state index contributed by atoms with van der Waals surface area (Å²) in [5.41, 5.74) is 3.20. The summed E-state index contributed by atoms with van der Waals surface area (Å²) in [4.78, 5) is 13.2. The van der Waals surface area contributed by atoms with Crippen LogP contribution in [0.25, 0.3) is 0 Å². The van der Waals surface area contributed by atoms with Crippen LogP contribution in [0.15, 0.2) is 77.7 Å². The number of methoxy groups -OCH3 is 1. The minimum atomic E-state index is -3.90. The molecule has 0 spiro atoms. The molecule has 3 aromatic carbocycles. The van der Waals surface area contributed by atoms with E-state index in [2.05, 4.69) is 5.32 Å². The molecule has 7 heteroatoms. The van der Waals surface area contributed by atoms with Gasteiger partial charge >= 0.3 is 0 Å². The molecule has 33 heavy (non-hydrogen) atoms. The molecule has 0 unspecified atom stereocenters. The lowest BCUT2D eigenvalue weighted by Gasteiger charge is -2.24. The topological polar surface area (TPSA) is 75.7 Å². The summed E-state index contributed by atoms with van der Waals surface area (Å²) < 4.78 is 33.6. The first-order valence-corrected chi connectivity index (χ1v) is 12.2. The van der Waals surface area contributed by atoms with Gasteiger partial charge in [0.1, 0.15) is 5.75 Å². The zero-order valence-corrected chi connectivity index (χ0v) is 20.2. The Kier molecular flexibility index (Phi) is 7.89. The van der Waals surface area contributed by atoms with E-state index in [1.165, 1.54) is 4.31 Å². The maximum Gasteiger partial charge on any atom is 0.244 e. The third kappa shape index (κ3) is 6.21. The van der Waals surface area contributed by atoms with Crippen LogP contribution in [-0.4, -0.2) is 32.3 Å². The summed E-state index contributed by atoms with van der Waals surface area (Å²) in [5, 5.41) is 2.91. The lowest BCUT2D eigenvalue weighted by Crippen LogP contribution is -2.41. The van der Waals surface area contributed by atoms with E-state index in [1.807, 2.05) is 74.5 Å². The Bertz CT molecular complexity index is 1190. The van der Waals surface area contributed by atoms with Gasteiger partial charge in [-0.2, -0.15) is 4.31 Å². The van der Waals surface area contributed by atoms with Crippen LogP contribution < -0.4 is 10.1 Å². The van der Waals surface area contributed by atoms with Crippen molar-refractivity contribution in [2.75, 3.05) is 13.7 Å². The van der Waals surface area contributed by atoms with Crippen LogP contribution in [-0.2, 0) is 21.4 Å². The number of hydrogen-bond acceptors (Lipinski definition) is 4. The van der Waals surface area contributed by atoms with E-state index >= 15 is 0 Å². The lowest BCUT2D eigenvalue weighted by atomic mass is 10.1. The van der Waals surface area contributed by atoms with Crippen molar-refractivity contribution in [3.63, 3.8) is 0 Å². The van der Waals surface area contributed by atoms with Crippen molar-refractivity contribution >= 4 is 15.9 Å². The molecule has 0 aliphatic heterocycles. The standard InChI is InChI=1S/C26H30N2O4S/c1-19-10-11-20(2)25(16-19)33(30,31)28(17-22-8-6-5-7-9-22)18-26(29)27-21(3)23-12-14-24(32-4)15-13-23/h5-16,21H,17-18H2,1-4H3,(H,27,29)/t21-/m0/s1. The van der Waals surface area contributed by atoms with Gasteiger partial charge in [-0.3, -0.25) is 4.79 Å². The Morgan fingerprint density at radius 3 is 2.30 bits per heavy atom. The van der Waals surface area contributed by atoms with Crippen LogP contribution in [0, 0.1) is 13.8 Å². The number of nitrogens with zero attached hydrogens (tertiary/aromatic N) is 1. The van der Waals surface area contributed by atoms with Crippen LogP contribution in [0.4, 0.5) is 0 Å². The van der Waals surface area contributed by atoms with Gasteiger partial charge in [0.15, 0.2) is 0 Å². The number of sulfonamides is 1. The van der Waals surface area contributed by atoms with E-state index in [-0.39, 0.29) is 29.9 Å². The van der Waals surface area contributed by atoms with Gasteiger partial charge in [-0.1, -0.05) is 54.6 Å². The van der Waals surface area contributed by atoms with Crippen LogP contribution in [0.5, 0.6) is 5.75 Å². The second-order valence-corrected chi connectivity index (χ2v) is 10.00. The van der Waals surface area contributed by atoms with Gasteiger partial charge in [0.25, 0.3) is 0 Å². The highest BCUT2D eigenvalue weighted by atomic mass is 32.2. The van der Waals surface area contributed by atoms with Gasteiger partial charge < -0.3 is 10.1 Å². The van der Waals surface area contributed by atoms with E-state index in [1.54, 1.807) is 26.2 Å². The number of rotatable bonds is 9. The minimum Gasteiger partial charge on any atom is -0.497 e. The SMILES string of the molecule is COc1ccc([C@H](C)NC(=O)CN(Cc2ccccc2)S(=O)(=O)c2cc(C)ccc2C)cc1. The van der Waals surface area contributed by atoms with Crippen LogP contribution in [0.3, 0.4) is 0 Å². The molecule has 0 fully saturated rings. The third-order valence-corrected chi connectivity index (χ3v) is 7.41. The van der Waals surface area contributed by atoms with Crippen molar-refractivity contribution in [1.82, 2.24) is 9.62 Å². The second-order valence-electron chi connectivity index (χ2n) is 8.09. The number of carbonyl (C=O) groups is 1. The Labute approximate surface area is 196 Å². The highest BCUT2D eigenvalue weighted by Crippen LogP contribution is 2.23. The fourth-order valence-electron chi connectivity index (χ4n) is 3.56. The summed E-state index contributed by atoms with van der Waals surface area (Å²) in [6, 6.07) is 21.7. The van der Waals surface area contributed by atoms with Gasteiger partial charge in [0, 0.05) is 6.54 Å². The molecule has 174 valence electrons. The molecular weight excluding hydrogens is 436 g/mol. The van der Waals surface area contributed by atoms with Crippen LogP contribution in [0.1, 0.15) is 35.2 Å². The number of benzene rings is 3. The van der Waals surface area contributed by atoms with Crippen molar-refractivity contribution < 1.29 is 17.9 Å². The van der Waals surface area contributed by atoms with Crippen molar-refractivity contribution in [3.05, 3.63) is 95.1 Å². The molecule has 1 atom stereocenters. The van der Waals surface area contributed by atoms with Crippen molar-refractivity contribution in [2.24, 2.45) is 0 Å². The molecule has 0 saturated carbocycles. The summed E-state index contributed by atoms with van der Waals surface area (Å²) in [7, 11) is -2.31. The molecule has 0 radical (unpaired) electrons. The molecule has 1 N–H and O–H groups in total. The molecule has 0 aromatic heterocycles. The number of aryl methyl sites for hydroxylation is 2. The van der Waals surface area contributed by atoms with Gasteiger partial charge in [-0.15, -0.1) is 0 Å². The fraction of sp³-hybridized carbons (Fsp3) is 0.269. The molecule has 0 saturated heterocycles. The number of hydrogen-bond donors (Lipinski definition) is 1. The fourth-order valence-corrected chi connectivity index (χ4v) is 5.25. The predicted octanol–water partition coefficient (Wildman–Crippen LogP) is 4.38. The molecule has 3 rings (SSSR count). The number of ether oxygens (including phenoxy) is 1. The minimum absolute atomic E-state index is 0.0981. The highest BCUT2D eigenvalue weighted by molar-refractivity contribution is 7.89. The Balaban J connectivity index is 1.84. The normalized spacial score (nSPS) is 12.4. The Morgan fingerprint density at radius 2 is 1.67 bits per heavy atom. The second kappa shape index (κ2) is 10.6. The number of carbonyl (C=O) groups excluding carboxylic acids is 1. The first-order valence-electron chi connectivity index (χ1n) is 10.8. The largest absolute Gasteiger partial charge is 0.497 e. The van der Waals surface area contributed by atoms with Crippen LogP contribution in [0.2, 0.25) is 0 Å². The monoisotopic (exact) mass is 466 g/mol. The zero-order valence-electron chi connectivity index (χ0n) is 19.4. The predicted molar refractivity (Wildman–Crippen MR) is 130 cm³/mol. The highest BCUT2D eigenvalue weighted by Gasteiger charge is 2.29. The van der Waals surface area contributed by atoms with Crippen molar-refractivity contribution in [2.45, 2.75) is 38.3 Å². The molecule has 3 aromatic rings. The first kappa shape index (κ1) is 24.5. The molecular formula is C26H30N2O4S. The van der Waals surface area contributed by atoms with E-state index in [9.17, 15) is 13.2 Å². The van der Waals surface area contributed by atoms with Crippen molar-refractivity contribution in [1.29, 1.82) is 0 Å². The average molecular weight is 467 g/mol. The Hall–Kier alpha value is -3.16. The summed E-state index contributed by atoms with van der Waals surface area (Å²) in [5.74, 6) is 0.356. The smallest absolute Gasteiger partial charge is 0.244 e. The van der Waals surface area contributed by atoms with E-state index in [4.69, 9.17) is 4.74 Å². The number of amides is 1. The molecule has 1 amide bonds. The van der Waals surface area contributed by atoms with E-state index < -0.39 is 10.0 Å².